The zero-order valence-corrected chi connectivity index (χ0v) is 10.8. The quantitative estimate of drug-likeness (QED) is 0.816. The summed E-state index contributed by atoms with van der Waals surface area (Å²) in [7, 11) is 0. The fourth-order valence-electron chi connectivity index (χ4n) is 2.28. The van der Waals surface area contributed by atoms with E-state index in [0.717, 1.165) is 0 Å². The Morgan fingerprint density at radius 3 is 2.94 bits per heavy atom. The molecule has 2 N–H and O–H groups in total. The lowest BCUT2D eigenvalue weighted by molar-refractivity contribution is -0.123. The van der Waals surface area contributed by atoms with Crippen molar-refractivity contribution in [3.63, 3.8) is 0 Å². The van der Waals surface area contributed by atoms with E-state index in [1.54, 1.807) is 18.4 Å². The van der Waals surface area contributed by atoms with Crippen LogP contribution in [0.25, 0.3) is 0 Å². The average molecular weight is 251 g/mol. The summed E-state index contributed by atoms with van der Waals surface area (Å²) in [5.74, 6) is 1.22. The Kier molecular flexibility index (Phi) is 4.42. The van der Waals surface area contributed by atoms with E-state index < -0.39 is 6.10 Å². The Morgan fingerprint density at radius 2 is 2.39 bits per heavy atom. The van der Waals surface area contributed by atoms with Crippen molar-refractivity contribution < 1.29 is 14.3 Å². The number of rotatable bonds is 6. The van der Waals surface area contributed by atoms with Crippen molar-refractivity contribution in [2.45, 2.75) is 51.2 Å². The summed E-state index contributed by atoms with van der Waals surface area (Å²) in [6.07, 6.45) is 5.60. The standard InChI is InChI=1S/C14H21NO3/c1-10(8-12(16)13-6-3-7-18-13)15-14(17)9-11-4-2-5-11/h3,6-7,10-12,16H,2,4-5,8-9H2,1H3,(H,15,17). The van der Waals surface area contributed by atoms with Crippen LogP contribution in [0.1, 0.15) is 50.9 Å². The first-order chi connectivity index (χ1) is 8.65. The average Bonchev–Trinajstić information content (AvgIpc) is 2.76. The van der Waals surface area contributed by atoms with Gasteiger partial charge in [-0.15, -0.1) is 0 Å². The van der Waals surface area contributed by atoms with Gasteiger partial charge in [-0.1, -0.05) is 6.42 Å². The SMILES string of the molecule is CC(CC(O)c1ccco1)NC(=O)CC1CCC1. The van der Waals surface area contributed by atoms with E-state index in [-0.39, 0.29) is 11.9 Å². The molecule has 1 amide bonds. The van der Waals surface area contributed by atoms with Gasteiger partial charge in [0.15, 0.2) is 0 Å². The molecule has 100 valence electrons. The normalized spacial score (nSPS) is 19.0. The molecule has 0 radical (unpaired) electrons. The first-order valence-electron chi connectivity index (χ1n) is 6.66. The molecule has 0 aromatic carbocycles. The summed E-state index contributed by atoms with van der Waals surface area (Å²) < 4.78 is 5.13. The lowest BCUT2D eigenvalue weighted by Gasteiger charge is -2.25. The molecule has 2 atom stereocenters. The minimum absolute atomic E-state index is 0.0438. The van der Waals surface area contributed by atoms with Crippen molar-refractivity contribution in [2.75, 3.05) is 0 Å². The summed E-state index contributed by atoms with van der Waals surface area (Å²) >= 11 is 0. The minimum atomic E-state index is -0.654. The molecular weight excluding hydrogens is 230 g/mol. The Bertz CT molecular complexity index is 370. The lowest BCUT2D eigenvalue weighted by Crippen LogP contribution is -2.35. The largest absolute Gasteiger partial charge is 0.467 e. The summed E-state index contributed by atoms with van der Waals surface area (Å²) in [6, 6.07) is 3.45. The highest BCUT2D eigenvalue weighted by Crippen LogP contribution is 2.29. The van der Waals surface area contributed by atoms with Crippen LogP contribution in [0.5, 0.6) is 0 Å². The third kappa shape index (κ3) is 3.60. The number of aliphatic hydroxyl groups excluding tert-OH is 1. The maximum absolute atomic E-state index is 11.7. The van der Waals surface area contributed by atoms with Gasteiger partial charge in [-0.05, 0) is 37.8 Å². The van der Waals surface area contributed by atoms with Crippen molar-refractivity contribution >= 4 is 5.91 Å². The van der Waals surface area contributed by atoms with E-state index in [9.17, 15) is 9.90 Å². The zero-order chi connectivity index (χ0) is 13.0. The van der Waals surface area contributed by atoms with Crippen molar-refractivity contribution in [2.24, 2.45) is 5.92 Å². The van der Waals surface area contributed by atoms with E-state index in [4.69, 9.17) is 4.42 Å². The Labute approximate surface area is 107 Å². The predicted molar refractivity (Wildman–Crippen MR) is 67.8 cm³/mol. The highest BCUT2D eigenvalue weighted by molar-refractivity contribution is 5.76. The van der Waals surface area contributed by atoms with Crippen LogP contribution in [0, 0.1) is 5.92 Å². The molecule has 2 rings (SSSR count). The summed E-state index contributed by atoms with van der Waals surface area (Å²) in [4.78, 5) is 11.7. The van der Waals surface area contributed by atoms with Gasteiger partial charge in [-0.25, -0.2) is 0 Å². The number of hydrogen-bond acceptors (Lipinski definition) is 3. The number of carbonyl (C=O) groups is 1. The van der Waals surface area contributed by atoms with Crippen LogP contribution in [0.3, 0.4) is 0 Å². The molecule has 2 unspecified atom stereocenters. The molecule has 0 spiro atoms. The maximum Gasteiger partial charge on any atom is 0.220 e. The molecule has 4 nitrogen and oxygen atoms in total. The van der Waals surface area contributed by atoms with Crippen LogP contribution < -0.4 is 5.32 Å². The van der Waals surface area contributed by atoms with Gasteiger partial charge in [-0.3, -0.25) is 4.79 Å². The number of furan rings is 1. The first kappa shape index (κ1) is 13.1. The Morgan fingerprint density at radius 1 is 1.61 bits per heavy atom. The molecule has 18 heavy (non-hydrogen) atoms. The molecule has 0 aliphatic heterocycles. The second kappa shape index (κ2) is 6.05. The fraction of sp³-hybridized carbons (Fsp3) is 0.643. The summed E-state index contributed by atoms with van der Waals surface area (Å²) in [5.41, 5.74) is 0. The van der Waals surface area contributed by atoms with Gasteiger partial charge in [0.05, 0.1) is 6.26 Å². The van der Waals surface area contributed by atoms with Crippen LogP contribution in [-0.2, 0) is 4.79 Å². The van der Waals surface area contributed by atoms with Gasteiger partial charge < -0.3 is 14.8 Å². The molecule has 1 aliphatic carbocycles. The highest BCUT2D eigenvalue weighted by Gasteiger charge is 2.22. The molecule has 4 heteroatoms. The van der Waals surface area contributed by atoms with E-state index >= 15 is 0 Å². The second-order valence-corrected chi connectivity index (χ2v) is 5.24. The summed E-state index contributed by atoms with van der Waals surface area (Å²) in [6.45, 7) is 1.91. The summed E-state index contributed by atoms with van der Waals surface area (Å²) in [5, 5.41) is 12.8. The van der Waals surface area contributed by atoms with Gasteiger partial charge in [0.2, 0.25) is 5.91 Å². The molecular formula is C14H21NO3. The molecule has 1 heterocycles. The van der Waals surface area contributed by atoms with Crippen LogP contribution in [-0.4, -0.2) is 17.1 Å². The van der Waals surface area contributed by atoms with Crippen molar-refractivity contribution in [3.05, 3.63) is 24.2 Å². The third-order valence-electron chi connectivity index (χ3n) is 3.55. The van der Waals surface area contributed by atoms with Crippen molar-refractivity contribution in [1.29, 1.82) is 0 Å². The Balaban J connectivity index is 1.70. The monoisotopic (exact) mass is 251 g/mol. The molecule has 1 fully saturated rings. The smallest absolute Gasteiger partial charge is 0.220 e. The number of carbonyl (C=O) groups excluding carboxylic acids is 1. The number of nitrogens with one attached hydrogen (secondary N) is 1. The van der Waals surface area contributed by atoms with E-state index in [1.165, 1.54) is 19.3 Å². The van der Waals surface area contributed by atoms with Crippen molar-refractivity contribution in [3.8, 4) is 0 Å². The molecule has 1 aromatic rings. The van der Waals surface area contributed by atoms with Gasteiger partial charge in [0.25, 0.3) is 0 Å². The van der Waals surface area contributed by atoms with E-state index in [2.05, 4.69) is 5.32 Å². The number of amides is 1. The van der Waals surface area contributed by atoms with E-state index in [0.29, 0.717) is 24.5 Å². The maximum atomic E-state index is 11.7. The van der Waals surface area contributed by atoms with Crippen molar-refractivity contribution in [1.82, 2.24) is 5.32 Å². The highest BCUT2D eigenvalue weighted by atomic mass is 16.4. The minimum Gasteiger partial charge on any atom is -0.467 e. The number of hydrogen-bond donors (Lipinski definition) is 2. The van der Waals surface area contributed by atoms with Gasteiger partial charge >= 0.3 is 0 Å². The fourth-order valence-corrected chi connectivity index (χ4v) is 2.28. The van der Waals surface area contributed by atoms with Crippen LogP contribution >= 0.6 is 0 Å². The van der Waals surface area contributed by atoms with Crippen LogP contribution in [0.15, 0.2) is 22.8 Å². The molecule has 0 bridgehead atoms. The van der Waals surface area contributed by atoms with Gasteiger partial charge in [0, 0.05) is 18.9 Å². The molecule has 0 saturated heterocycles. The zero-order valence-electron chi connectivity index (χ0n) is 10.8. The van der Waals surface area contributed by atoms with Crippen LogP contribution in [0.4, 0.5) is 0 Å². The molecule has 1 aliphatic rings. The first-order valence-corrected chi connectivity index (χ1v) is 6.66. The number of aliphatic hydroxyl groups is 1. The molecule has 1 aromatic heterocycles. The van der Waals surface area contributed by atoms with Gasteiger partial charge in [-0.2, -0.15) is 0 Å². The predicted octanol–water partition coefficient (Wildman–Crippen LogP) is 2.40. The second-order valence-electron chi connectivity index (χ2n) is 5.24. The van der Waals surface area contributed by atoms with E-state index in [1.807, 2.05) is 6.92 Å². The third-order valence-corrected chi connectivity index (χ3v) is 3.55. The Hall–Kier alpha value is -1.29. The topological polar surface area (TPSA) is 62.5 Å². The van der Waals surface area contributed by atoms with Crippen LogP contribution in [0.2, 0.25) is 0 Å². The molecule has 1 saturated carbocycles. The lowest BCUT2D eigenvalue weighted by atomic mass is 9.83. The van der Waals surface area contributed by atoms with Gasteiger partial charge in [0.1, 0.15) is 11.9 Å².